The molecule has 1 aliphatic rings. The lowest BCUT2D eigenvalue weighted by molar-refractivity contribution is -0.153. The van der Waals surface area contributed by atoms with Crippen LogP contribution in [0.15, 0.2) is 0 Å². The maximum Gasteiger partial charge on any atom is 0.337 e. The van der Waals surface area contributed by atoms with Crippen molar-refractivity contribution in [3.63, 3.8) is 0 Å². The van der Waals surface area contributed by atoms with E-state index in [0.29, 0.717) is 28.9 Å². The van der Waals surface area contributed by atoms with Gasteiger partial charge in [-0.2, -0.15) is 0 Å². The molecule has 2 atom stereocenters. The first-order valence-electron chi connectivity index (χ1n) is 6.58. The molecule has 0 aromatic heterocycles. The first-order chi connectivity index (χ1) is 10.0. The lowest BCUT2D eigenvalue weighted by Crippen LogP contribution is -2.57. The summed E-state index contributed by atoms with van der Waals surface area (Å²) in [5.74, 6) is 0.386. The fraction of sp³-hybridized carbons (Fsp3) is 0.750. The van der Waals surface area contributed by atoms with Crippen LogP contribution in [-0.2, 0) is 14.3 Å². The lowest BCUT2D eigenvalue weighted by atomic mass is 10.2. The highest BCUT2D eigenvalue weighted by molar-refractivity contribution is 8.47. The average molecular weight is 370 g/mol. The van der Waals surface area contributed by atoms with Crippen molar-refractivity contribution in [2.24, 2.45) is 0 Å². The Morgan fingerprint density at radius 2 is 2.29 bits per heavy atom. The Morgan fingerprint density at radius 1 is 1.57 bits per heavy atom. The highest BCUT2D eigenvalue weighted by atomic mass is 32.2. The van der Waals surface area contributed by atoms with Crippen LogP contribution in [0.1, 0.15) is 20.3 Å². The topological polar surface area (TPSA) is 66.8 Å². The number of amides is 1. The number of carboxylic acid groups (broad SMARTS) is 1. The second kappa shape index (κ2) is 9.94. The van der Waals surface area contributed by atoms with Crippen LogP contribution in [0.5, 0.6) is 0 Å². The van der Waals surface area contributed by atoms with E-state index in [1.54, 1.807) is 11.8 Å². The van der Waals surface area contributed by atoms with E-state index in [1.807, 2.05) is 13.8 Å². The number of hydrogen-bond acceptors (Lipinski definition) is 7. The number of carbonyl (C=O) groups excluding carboxylic acids is 1. The number of nitrogens with zero attached hydrogens (tertiary/aromatic N) is 1. The number of ether oxygens (including phenoxy) is 1. The summed E-state index contributed by atoms with van der Waals surface area (Å²) >= 11 is 9.23. The van der Waals surface area contributed by atoms with Gasteiger partial charge in [-0.25, -0.2) is 4.79 Å². The summed E-state index contributed by atoms with van der Waals surface area (Å²) in [5, 5.41) is 8.38. The molecular weight excluding hydrogens is 350 g/mol. The molecule has 2 unspecified atom stereocenters. The number of carbonyl (C=O) groups is 2. The van der Waals surface area contributed by atoms with Crippen molar-refractivity contribution in [2.45, 2.75) is 31.0 Å². The molecule has 0 spiro atoms. The monoisotopic (exact) mass is 369 g/mol. The molecule has 1 fully saturated rings. The average Bonchev–Trinajstić information content (AvgIpc) is 2.42. The van der Waals surface area contributed by atoms with Crippen molar-refractivity contribution >= 4 is 62.9 Å². The Balaban J connectivity index is 2.51. The second-order valence-corrected chi connectivity index (χ2v) is 8.85. The molecule has 1 aliphatic heterocycles. The van der Waals surface area contributed by atoms with E-state index in [1.165, 1.54) is 16.7 Å². The standard InChI is InChI=1S/C12H19NO4S4/c1-3-17-5-6-20-12(18)21-10(11(15)16)13-8(14)7-9(13)19-4-2/h9-10H,3-7H2,1-2H3,(H,15,16). The Kier molecular flexibility index (Phi) is 9.03. The molecule has 0 radical (unpaired) electrons. The predicted molar refractivity (Wildman–Crippen MR) is 93.9 cm³/mol. The van der Waals surface area contributed by atoms with Crippen molar-refractivity contribution in [1.29, 1.82) is 0 Å². The fourth-order valence-electron chi connectivity index (χ4n) is 1.69. The molecule has 1 rings (SSSR count). The first kappa shape index (κ1) is 19.1. The Morgan fingerprint density at radius 3 is 2.81 bits per heavy atom. The third-order valence-electron chi connectivity index (χ3n) is 2.63. The minimum Gasteiger partial charge on any atom is -0.479 e. The second-order valence-electron chi connectivity index (χ2n) is 4.02. The van der Waals surface area contributed by atoms with Gasteiger partial charge in [-0.15, -0.1) is 23.5 Å². The summed E-state index contributed by atoms with van der Waals surface area (Å²) < 4.78 is 5.74. The molecule has 21 heavy (non-hydrogen) atoms. The van der Waals surface area contributed by atoms with Crippen LogP contribution in [0.2, 0.25) is 0 Å². The van der Waals surface area contributed by atoms with Crippen molar-refractivity contribution < 1.29 is 19.4 Å². The van der Waals surface area contributed by atoms with Gasteiger partial charge in [-0.1, -0.05) is 30.9 Å². The first-order valence-corrected chi connectivity index (χ1v) is 9.90. The van der Waals surface area contributed by atoms with Crippen molar-refractivity contribution in [3.05, 3.63) is 0 Å². The van der Waals surface area contributed by atoms with Crippen LogP contribution < -0.4 is 0 Å². The smallest absolute Gasteiger partial charge is 0.337 e. The molecule has 1 heterocycles. The minimum atomic E-state index is -1.03. The van der Waals surface area contributed by atoms with Gasteiger partial charge < -0.3 is 14.7 Å². The number of thiocarbonyl (C=S) groups is 1. The molecule has 0 aromatic rings. The van der Waals surface area contributed by atoms with Gasteiger partial charge in [0.1, 0.15) is 3.53 Å². The van der Waals surface area contributed by atoms with Gasteiger partial charge in [0.2, 0.25) is 5.91 Å². The van der Waals surface area contributed by atoms with E-state index in [0.717, 1.165) is 17.5 Å². The van der Waals surface area contributed by atoms with Crippen LogP contribution in [0.25, 0.3) is 0 Å². The third-order valence-corrected chi connectivity index (χ3v) is 6.48. The minimum absolute atomic E-state index is 0.0488. The maximum absolute atomic E-state index is 11.7. The molecule has 5 nitrogen and oxygen atoms in total. The molecule has 0 aromatic carbocycles. The largest absolute Gasteiger partial charge is 0.479 e. The molecule has 0 aliphatic carbocycles. The van der Waals surface area contributed by atoms with Gasteiger partial charge in [-0.05, 0) is 12.7 Å². The number of carboxylic acids is 1. The lowest BCUT2D eigenvalue weighted by Gasteiger charge is -2.42. The number of β-lactam (4-membered cyclic amide) rings is 1. The van der Waals surface area contributed by atoms with E-state index < -0.39 is 11.3 Å². The third kappa shape index (κ3) is 5.97. The maximum atomic E-state index is 11.7. The van der Waals surface area contributed by atoms with Crippen molar-refractivity contribution in [1.82, 2.24) is 4.90 Å². The van der Waals surface area contributed by atoms with Crippen molar-refractivity contribution in [2.75, 3.05) is 24.7 Å². The van der Waals surface area contributed by atoms with Crippen LogP contribution in [0, 0.1) is 0 Å². The number of hydrogen-bond donors (Lipinski definition) is 1. The summed E-state index contributed by atoms with van der Waals surface area (Å²) in [7, 11) is 0. The van der Waals surface area contributed by atoms with Crippen LogP contribution in [0.3, 0.4) is 0 Å². The summed E-state index contributed by atoms with van der Waals surface area (Å²) in [6.07, 6.45) is 0.410. The van der Waals surface area contributed by atoms with Gasteiger partial charge in [0.05, 0.1) is 18.4 Å². The number of likely N-dealkylation sites (tertiary alicyclic amines) is 1. The predicted octanol–water partition coefficient (Wildman–Crippen LogP) is 2.50. The number of aliphatic carboxylic acids is 1. The summed E-state index contributed by atoms with van der Waals surface area (Å²) in [4.78, 5) is 24.6. The highest BCUT2D eigenvalue weighted by Gasteiger charge is 2.44. The highest BCUT2D eigenvalue weighted by Crippen LogP contribution is 2.36. The normalized spacial score (nSPS) is 19.2. The van der Waals surface area contributed by atoms with E-state index >= 15 is 0 Å². The zero-order valence-electron chi connectivity index (χ0n) is 11.9. The molecule has 9 heteroatoms. The van der Waals surface area contributed by atoms with E-state index in [-0.39, 0.29) is 11.3 Å². The summed E-state index contributed by atoms with van der Waals surface area (Å²) in [5.41, 5.74) is 0. The Labute approximate surface area is 142 Å². The zero-order valence-corrected chi connectivity index (χ0v) is 15.2. The van der Waals surface area contributed by atoms with Crippen LogP contribution >= 0.6 is 47.5 Å². The summed E-state index contributed by atoms with van der Waals surface area (Å²) in [6.45, 7) is 5.13. The zero-order chi connectivity index (χ0) is 15.8. The fourth-order valence-corrected chi connectivity index (χ4v) is 5.16. The molecular formula is C12H19NO4S4. The molecule has 0 bridgehead atoms. The Hall–Kier alpha value is 0.0400. The van der Waals surface area contributed by atoms with Crippen LogP contribution in [-0.4, -0.2) is 60.9 Å². The van der Waals surface area contributed by atoms with E-state index in [4.69, 9.17) is 17.0 Å². The molecule has 120 valence electrons. The van der Waals surface area contributed by atoms with Gasteiger partial charge in [0.15, 0.2) is 5.37 Å². The van der Waals surface area contributed by atoms with Gasteiger partial charge in [-0.3, -0.25) is 4.79 Å². The summed E-state index contributed by atoms with van der Waals surface area (Å²) in [6, 6.07) is 0. The van der Waals surface area contributed by atoms with Gasteiger partial charge in [0, 0.05) is 12.4 Å². The number of rotatable bonds is 9. The van der Waals surface area contributed by atoms with E-state index in [9.17, 15) is 14.7 Å². The Bertz CT molecular complexity index is 393. The quantitative estimate of drug-likeness (QED) is 0.378. The van der Waals surface area contributed by atoms with Crippen molar-refractivity contribution in [3.8, 4) is 0 Å². The SMILES string of the molecule is CCOCCSC(=S)SC(C(=O)O)N1C(=O)CC1SCC. The molecule has 1 saturated heterocycles. The van der Waals surface area contributed by atoms with Crippen LogP contribution in [0.4, 0.5) is 0 Å². The molecule has 1 N–H and O–H groups in total. The number of thioether (sulfide) groups is 3. The van der Waals surface area contributed by atoms with Gasteiger partial charge in [0.25, 0.3) is 0 Å². The molecule has 1 amide bonds. The van der Waals surface area contributed by atoms with E-state index in [2.05, 4.69) is 0 Å². The molecule has 0 saturated carbocycles. The van der Waals surface area contributed by atoms with Gasteiger partial charge >= 0.3 is 5.97 Å².